The Kier molecular flexibility index (Phi) is 6.25. The number of fused-ring (bicyclic) bond motifs is 1. The number of carboxylic acid groups (broad SMARTS) is 1. The molecule has 0 radical (unpaired) electrons. The highest BCUT2D eigenvalue weighted by atomic mass is 32.2. The third kappa shape index (κ3) is 4.50. The summed E-state index contributed by atoms with van der Waals surface area (Å²) in [4.78, 5) is 25.2. The molecule has 3 atom stereocenters. The van der Waals surface area contributed by atoms with Crippen molar-refractivity contribution in [3.05, 3.63) is 41.9 Å². The molecule has 1 fully saturated rings. The van der Waals surface area contributed by atoms with Crippen molar-refractivity contribution in [2.24, 2.45) is 11.8 Å². The number of hydrazine groups is 1. The molecule has 168 valence electrons. The Balaban J connectivity index is 2.10. The standard InChI is InChI=1S/C19H21F3N4O4S/c1-9(27)15-14-8-13(16(18(29)30)26(14)17(15)28)10-5-11(25(23)4-3-24-2)7-12(6-10)31-19(20,21)22/h3-7,9,14-15,24,27H,8,23H2,1-2H3,(H,29,30)/b4-3-/t9?,14-,15?/m1/s1. The number of carboxylic acids is 1. The van der Waals surface area contributed by atoms with Crippen molar-refractivity contribution in [2.75, 3.05) is 12.1 Å². The Hall–Kier alpha value is -2.70. The zero-order valence-corrected chi connectivity index (χ0v) is 17.4. The molecule has 5 N–H and O–H groups in total. The average molecular weight is 458 g/mol. The largest absolute Gasteiger partial charge is 0.477 e. The van der Waals surface area contributed by atoms with Crippen LogP contribution in [0.4, 0.5) is 18.9 Å². The summed E-state index contributed by atoms with van der Waals surface area (Å²) in [6, 6.07) is 3.36. The Labute approximate surface area is 180 Å². The number of nitrogens with two attached hydrogens (primary N) is 1. The zero-order valence-electron chi connectivity index (χ0n) is 16.6. The van der Waals surface area contributed by atoms with Gasteiger partial charge in [-0.05, 0) is 54.4 Å². The molecule has 0 saturated carbocycles. The van der Waals surface area contributed by atoms with Crippen molar-refractivity contribution >= 4 is 34.9 Å². The molecule has 1 aromatic carbocycles. The zero-order chi connectivity index (χ0) is 23.1. The van der Waals surface area contributed by atoms with Crippen molar-refractivity contribution in [3.63, 3.8) is 0 Å². The molecule has 1 amide bonds. The summed E-state index contributed by atoms with van der Waals surface area (Å²) in [5, 5.41) is 23.4. The summed E-state index contributed by atoms with van der Waals surface area (Å²) in [6.07, 6.45) is 1.98. The lowest BCUT2D eigenvalue weighted by atomic mass is 9.82. The van der Waals surface area contributed by atoms with Crippen molar-refractivity contribution in [1.29, 1.82) is 0 Å². The molecule has 2 aliphatic heterocycles. The van der Waals surface area contributed by atoms with E-state index in [2.05, 4.69) is 5.32 Å². The average Bonchev–Trinajstić information content (AvgIpc) is 2.99. The van der Waals surface area contributed by atoms with Crippen LogP contribution in [0.25, 0.3) is 5.57 Å². The molecule has 1 aromatic rings. The Morgan fingerprint density at radius 3 is 2.65 bits per heavy atom. The van der Waals surface area contributed by atoms with Gasteiger partial charge in [-0.3, -0.25) is 9.80 Å². The van der Waals surface area contributed by atoms with E-state index in [0.29, 0.717) is 0 Å². The lowest BCUT2D eigenvalue weighted by molar-refractivity contribution is -0.161. The molecule has 2 heterocycles. The third-order valence-corrected chi connectivity index (χ3v) is 5.81. The molecular formula is C19H21F3N4O4S. The van der Waals surface area contributed by atoms with E-state index in [1.807, 2.05) is 0 Å². The number of carbonyl (C=O) groups is 2. The van der Waals surface area contributed by atoms with Gasteiger partial charge in [0.25, 0.3) is 0 Å². The number of hydrogen-bond donors (Lipinski definition) is 4. The first-order valence-electron chi connectivity index (χ1n) is 9.21. The highest BCUT2D eigenvalue weighted by Crippen LogP contribution is 2.48. The molecule has 2 aliphatic rings. The number of benzene rings is 1. The number of hydrogen-bond acceptors (Lipinski definition) is 7. The molecule has 12 heteroatoms. The van der Waals surface area contributed by atoms with Gasteiger partial charge in [-0.1, -0.05) is 0 Å². The van der Waals surface area contributed by atoms with E-state index in [4.69, 9.17) is 5.84 Å². The van der Waals surface area contributed by atoms with Gasteiger partial charge in [0.2, 0.25) is 5.91 Å². The summed E-state index contributed by atoms with van der Waals surface area (Å²) in [5.41, 5.74) is -4.24. The van der Waals surface area contributed by atoms with E-state index < -0.39 is 35.4 Å². The maximum absolute atomic E-state index is 13.0. The predicted octanol–water partition coefficient (Wildman–Crippen LogP) is 2.08. The molecule has 31 heavy (non-hydrogen) atoms. The number of amides is 1. The molecule has 0 aliphatic carbocycles. The van der Waals surface area contributed by atoms with Crippen molar-refractivity contribution in [2.45, 2.75) is 35.9 Å². The van der Waals surface area contributed by atoms with E-state index in [1.165, 1.54) is 37.5 Å². The van der Waals surface area contributed by atoms with Crippen LogP contribution in [-0.2, 0) is 9.59 Å². The monoisotopic (exact) mass is 458 g/mol. The van der Waals surface area contributed by atoms with Crippen LogP contribution in [0.3, 0.4) is 0 Å². The number of aliphatic carboxylic acids is 1. The highest BCUT2D eigenvalue weighted by Gasteiger charge is 2.56. The minimum Gasteiger partial charge on any atom is -0.477 e. The maximum atomic E-state index is 13.0. The van der Waals surface area contributed by atoms with E-state index in [9.17, 15) is 33.0 Å². The normalized spacial score (nSPS) is 21.9. The topological polar surface area (TPSA) is 119 Å². The number of halogens is 3. The first-order valence-corrected chi connectivity index (χ1v) is 10.0. The van der Waals surface area contributed by atoms with Crippen LogP contribution in [0.2, 0.25) is 0 Å². The Morgan fingerprint density at radius 2 is 2.10 bits per heavy atom. The lowest BCUT2D eigenvalue weighted by Crippen LogP contribution is -2.61. The number of nitrogens with zero attached hydrogens (tertiary/aromatic N) is 2. The number of carbonyl (C=O) groups excluding carboxylic acids is 1. The number of rotatable bonds is 7. The molecule has 0 bridgehead atoms. The molecule has 2 unspecified atom stereocenters. The summed E-state index contributed by atoms with van der Waals surface area (Å²) in [6.45, 7) is 1.44. The molecular weight excluding hydrogens is 437 g/mol. The van der Waals surface area contributed by atoms with Crippen molar-refractivity contribution in [1.82, 2.24) is 10.2 Å². The minimum atomic E-state index is -4.56. The van der Waals surface area contributed by atoms with Gasteiger partial charge in [0, 0.05) is 24.3 Å². The second kappa shape index (κ2) is 8.44. The van der Waals surface area contributed by atoms with Crippen molar-refractivity contribution in [3.8, 4) is 0 Å². The predicted molar refractivity (Wildman–Crippen MR) is 108 cm³/mol. The smallest absolute Gasteiger partial charge is 0.446 e. The van der Waals surface area contributed by atoms with Crippen LogP contribution in [0.5, 0.6) is 0 Å². The first-order chi connectivity index (χ1) is 14.4. The van der Waals surface area contributed by atoms with Crippen LogP contribution in [0.1, 0.15) is 18.9 Å². The van der Waals surface area contributed by atoms with Crippen LogP contribution in [-0.4, -0.2) is 51.7 Å². The molecule has 1 saturated heterocycles. The van der Waals surface area contributed by atoms with Gasteiger partial charge in [-0.15, -0.1) is 0 Å². The maximum Gasteiger partial charge on any atom is 0.446 e. The summed E-state index contributed by atoms with van der Waals surface area (Å²) >= 11 is -0.351. The third-order valence-electron chi connectivity index (χ3n) is 5.10. The van der Waals surface area contributed by atoms with E-state index in [-0.39, 0.29) is 45.6 Å². The van der Waals surface area contributed by atoms with Gasteiger partial charge < -0.3 is 20.4 Å². The second-order valence-electron chi connectivity index (χ2n) is 7.15. The molecule has 8 nitrogen and oxygen atoms in total. The first kappa shape index (κ1) is 23.0. The number of anilines is 1. The molecule has 0 spiro atoms. The Bertz CT molecular complexity index is 964. The Morgan fingerprint density at radius 1 is 1.42 bits per heavy atom. The number of alkyl halides is 3. The summed E-state index contributed by atoms with van der Waals surface area (Å²) < 4.78 is 39.1. The van der Waals surface area contributed by atoms with Crippen LogP contribution in [0.15, 0.2) is 41.2 Å². The fraction of sp³-hybridized carbons (Fsp3) is 0.368. The lowest BCUT2D eigenvalue weighted by Gasteiger charge is -2.44. The van der Waals surface area contributed by atoms with E-state index in [0.717, 1.165) is 9.91 Å². The quantitative estimate of drug-likeness (QED) is 0.212. The number of aliphatic hydroxyl groups is 1. The number of nitrogens with one attached hydrogen (secondary N) is 1. The number of aliphatic hydroxyl groups excluding tert-OH is 1. The van der Waals surface area contributed by atoms with Gasteiger partial charge >= 0.3 is 11.5 Å². The van der Waals surface area contributed by atoms with Gasteiger partial charge in [-0.2, -0.15) is 13.2 Å². The molecule has 0 aromatic heterocycles. The van der Waals surface area contributed by atoms with Gasteiger partial charge in [0.15, 0.2) is 0 Å². The van der Waals surface area contributed by atoms with Gasteiger partial charge in [0.1, 0.15) is 5.70 Å². The van der Waals surface area contributed by atoms with E-state index in [1.54, 1.807) is 7.05 Å². The fourth-order valence-electron chi connectivity index (χ4n) is 3.87. The SMILES string of the molecule is CN/C=C\N(N)c1cc(SC(F)(F)F)cc(C2=C(C(=O)O)N3C(=O)C(C(C)O)[C@H]3C2)c1. The van der Waals surface area contributed by atoms with Crippen molar-refractivity contribution < 1.29 is 33.0 Å². The van der Waals surface area contributed by atoms with Gasteiger partial charge in [0.05, 0.1) is 23.8 Å². The summed E-state index contributed by atoms with van der Waals surface area (Å²) in [7, 11) is 1.62. The summed E-state index contributed by atoms with van der Waals surface area (Å²) in [5.74, 6) is 3.26. The van der Waals surface area contributed by atoms with Gasteiger partial charge in [-0.25, -0.2) is 10.6 Å². The minimum absolute atomic E-state index is 0.0967. The van der Waals surface area contributed by atoms with E-state index >= 15 is 0 Å². The highest BCUT2D eigenvalue weighted by molar-refractivity contribution is 8.00. The number of thioether (sulfide) groups is 1. The number of β-lactam (4-membered cyclic amide) rings is 1. The second-order valence-corrected chi connectivity index (χ2v) is 8.29. The fourth-order valence-corrected chi connectivity index (χ4v) is 4.50. The van der Waals surface area contributed by atoms with Crippen LogP contribution >= 0.6 is 11.8 Å². The van der Waals surface area contributed by atoms with Crippen LogP contribution < -0.4 is 16.2 Å². The van der Waals surface area contributed by atoms with Crippen LogP contribution in [0, 0.1) is 5.92 Å². The molecule has 3 rings (SSSR count).